The second-order valence-corrected chi connectivity index (χ2v) is 5.17. The molecule has 0 aliphatic carbocycles. The number of halogens is 1. The van der Waals surface area contributed by atoms with E-state index in [9.17, 15) is 0 Å². The van der Waals surface area contributed by atoms with Crippen LogP contribution in [0.2, 0.25) is 5.02 Å². The lowest BCUT2D eigenvalue weighted by Crippen LogP contribution is -2.15. The van der Waals surface area contributed by atoms with E-state index < -0.39 is 0 Å². The van der Waals surface area contributed by atoms with Crippen molar-refractivity contribution in [2.45, 2.75) is 13.5 Å². The smallest absolute Gasteiger partial charge is 0.142 e. The monoisotopic (exact) mass is 267 g/mol. The van der Waals surface area contributed by atoms with Gasteiger partial charge in [0.1, 0.15) is 10.8 Å². The average Bonchev–Trinajstić information content (AvgIpc) is 2.63. The molecule has 0 saturated carbocycles. The van der Waals surface area contributed by atoms with E-state index in [1.54, 1.807) is 0 Å². The Kier molecular flexibility index (Phi) is 3.54. The zero-order valence-electron chi connectivity index (χ0n) is 9.77. The highest BCUT2D eigenvalue weighted by atomic mass is 35.5. The number of nitrogen functional groups attached to an aromatic ring is 1. The van der Waals surface area contributed by atoms with Crippen LogP contribution < -0.4 is 10.6 Å². The second kappa shape index (κ2) is 4.94. The quantitative estimate of drug-likeness (QED) is 0.928. The van der Waals surface area contributed by atoms with Gasteiger partial charge in [0.2, 0.25) is 0 Å². The predicted molar refractivity (Wildman–Crippen MR) is 74.8 cm³/mol. The fourth-order valence-electron chi connectivity index (χ4n) is 1.63. The van der Waals surface area contributed by atoms with E-state index in [-0.39, 0.29) is 0 Å². The van der Waals surface area contributed by atoms with E-state index >= 15 is 0 Å². The lowest BCUT2D eigenvalue weighted by atomic mass is 10.2. The van der Waals surface area contributed by atoms with Crippen LogP contribution in [0.15, 0.2) is 24.3 Å². The topological polar surface area (TPSA) is 42.1 Å². The van der Waals surface area contributed by atoms with Gasteiger partial charge >= 0.3 is 0 Å². The van der Waals surface area contributed by atoms with Crippen molar-refractivity contribution in [3.05, 3.63) is 40.4 Å². The van der Waals surface area contributed by atoms with Gasteiger partial charge in [-0.15, -0.1) is 0 Å². The van der Waals surface area contributed by atoms with Crippen LogP contribution in [-0.2, 0) is 6.54 Å². The third-order valence-corrected chi connectivity index (χ3v) is 3.95. The summed E-state index contributed by atoms with van der Waals surface area (Å²) in [7, 11) is 2.04. The highest BCUT2D eigenvalue weighted by molar-refractivity contribution is 7.10. The maximum absolute atomic E-state index is 5.86. The first-order valence-corrected chi connectivity index (χ1v) is 6.40. The fraction of sp³-hybridized carbons (Fsp3) is 0.250. The summed E-state index contributed by atoms with van der Waals surface area (Å²) < 4.78 is 4.15. The number of rotatable bonds is 3. The molecule has 0 aliphatic rings. The Morgan fingerprint density at radius 3 is 2.53 bits per heavy atom. The molecule has 0 spiro atoms. The van der Waals surface area contributed by atoms with Gasteiger partial charge in [-0.05, 0) is 36.2 Å². The van der Waals surface area contributed by atoms with Crippen LogP contribution in [0.5, 0.6) is 0 Å². The van der Waals surface area contributed by atoms with Crippen LogP contribution in [0.3, 0.4) is 0 Å². The molecular weight excluding hydrogens is 254 g/mol. The summed E-state index contributed by atoms with van der Waals surface area (Å²) >= 11 is 7.29. The Labute approximate surface area is 110 Å². The molecular formula is C12H14ClN3S. The highest BCUT2D eigenvalue weighted by Crippen LogP contribution is 2.29. The first kappa shape index (κ1) is 12.2. The molecule has 1 aromatic carbocycles. The average molecular weight is 268 g/mol. The Morgan fingerprint density at radius 2 is 2.00 bits per heavy atom. The maximum atomic E-state index is 5.86. The van der Waals surface area contributed by atoms with Crippen molar-refractivity contribution in [3.8, 4) is 0 Å². The first-order chi connectivity index (χ1) is 8.08. The lowest BCUT2D eigenvalue weighted by Gasteiger charge is -2.17. The molecule has 1 aromatic heterocycles. The van der Waals surface area contributed by atoms with Crippen LogP contribution in [0.1, 0.15) is 11.1 Å². The van der Waals surface area contributed by atoms with Gasteiger partial charge in [-0.2, -0.15) is 4.37 Å². The summed E-state index contributed by atoms with van der Waals surface area (Å²) in [6.07, 6.45) is 0. The molecule has 0 amide bonds. The molecule has 1 heterocycles. The molecule has 17 heavy (non-hydrogen) atoms. The van der Waals surface area contributed by atoms with Crippen LogP contribution in [0.4, 0.5) is 10.8 Å². The molecule has 90 valence electrons. The van der Waals surface area contributed by atoms with Crippen molar-refractivity contribution in [3.63, 3.8) is 0 Å². The van der Waals surface area contributed by atoms with E-state index in [1.807, 2.05) is 38.2 Å². The van der Waals surface area contributed by atoms with E-state index in [0.29, 0.717) is 5.82 Å². The van der Waals surface area contributed by atoms with Gasteiger partial charge in [-0.1, -0.05) is 23.7 Å². The molecule has 2 N–H and O–H groups in total. The van der Waals surface area contributed by atoms with Crippen LogP contribution >= 0.6 is 23.1 Å². The number of anilines is 2. The third kappa shape index (κ3) is 2.70. The second-order valence-electron chi connectivity index (χ2n) is 3.98. The third-order valence-electron chi connectivity index (χ3n) is 2.62. The Bertz CT molecular complexity index is 507. The summed E-state index contributed by atoms with van der Waals surface area (Å²) in [6.45, 7) is 2.81. The number of aromatic nitrogens is 1. The zero-order valence-corrected chi connectivity index (χ0v) is 11.3. The summed E-state index contributed by atoms with van der Waals surface area (Å²) in [4.78, 5) is 2.15. The van der Waals surface area contributed by atoms with Crippen molar-refractivity contribution in [2.75, 3.05) is 17.7 Å². The molecule has 3 nitrogen and oxygen atoms in total. The van der Waals surface area contributed by atoms with E-state index in [2.05, 4.69) is 9.27 Å². The first-order valence-electron chi connectivity index (χ1n) is 5.25. The van der Waals surface area contributed by atoms with E-state index in [1.165, 1.54) is 17.1 Å². The minimum Gasteiger partial charge on any atom is -0.383 e. The summed E-state index contributed by atoms with van der Waals surface area (Å²) in [5.41, 5.74) is 8.01. The molecule has 0 fully saturated rings. The van der Waals surface area contributed by atoms with Gasteiger partial charge in [-0.3, -0.25) is 0 Å². The molecule has 0 atom stereocenters. The maximum Gasteiger partial charge on any atom is 0.142 e. The molecule has 5 heteroatoms. The van der Waals surface area contributed by atoms with Gasteiger partial charge in [0.05, 0.1) is 0 Å². The van der Waals surface area contributed by atoms with Crippen LogP contribution in [-0.4, -0.2) is 11.4 Å². The number of nitrogens with two attached hydrogens (primary N) is 1. The molecule has 2 aromatic rings. The van der Waals surface area contributed by atoms with Crippen LogP contribution in [0.25, 0.3) is 0 Å². The molecule has 2 rings (SSSR count). The minimum atomic E-state index is 0.618. The van der Waals surface area contributed by atoms with Gasteiger partial charge in [0.25, 0.3) is 0 Å². The largest absolute Gasteiger partial charge is 0.383 e. The SMILES string of the molecule is Cc1c(N)nsc1N(C)Cc1ccc(Cl)cc1. The predicted octanol–water partition coefficient (Wildman–Crippen LogP) is 3.32. The normalized spacial score (nSPS) is 10.5. The number of benzene rings is 1. The van der Waals surface area contributed by atoms with Crippen molar-refractivity contribution in [1.82, 2.24) is 4.37 Å². The fourth-order valence-corrected chi connectivity index (χ4v) is 2.52. The summed E-state index contributed by atoms with van der Waals surface area (Å²) in [5, 5.41) is 1.87. The molecule has 0 saturated heterocycles. The van der Waals surface area contributed by atoms with Crippen molar-refractivity contribution >= 4 is 34.0 Å². The number of hydrogen-bond donors (Lipinski definition) is 1. The zero-order chi connectivity index (χ0) is 12.4. The van der Waals surface area contributed by atoms with Crippen LogP contribution in [0, 0.1) is 6.92 Å². The van der Waals surface area contributed by atoms with Crippen molar-refractivity contribution in [1.29, 1.82) is 0 Å². The number of hydrogen-bond acceptors (Lipinski definition) is 4. The molecule has 0 bridgehead atoms. The Morgan fingerprint density at radius 1 is 1.35 bits per heavy atom. The summed E-state index contributed by atoms with van der Waals surface area (Å²) in [5.74, 6) is 0.618. The highest BCUT2D eigenvalue weighted by Gasteiger charge is 2.11. The van der Waals surface area contributed by atoms with E-state index in [0.717, 1.165) is 22.1 Å². The Balaban J connectivity index is 2.14. The van der Waals surface area contributed by atoms with Crippen molar-refractivity contribution < 1.29 is 0 Å². The van der Waals surface area contributed by atoms with Gasteiger partial charge in [0, 0.05) is 24.2 Å². The molecule has 0 radical (unpaired) electrons. The van der Waals surface area contributed by atoms with Gasteiger partial charge < -0.3 is 10.6 Å². The summed E-state index contributed by atoms with van der Waals surface area (Å²) in [6, 6.07) is 7.86. The molecule has 0 unspecified atom stereocenters. The number of nitrogens with zero attached hydrogens (tertiary/aromatic N) is 2. The lowest BCUT2D eigenvalue weighted by molar-refractivity contribution is 0.930. The Hall–Kier alpha value is -1.26. The van der Waals surface area contributed by atoms with Gasteiger partial charge in [0.15, 0.2) is 0 Å². The van der Waals surface area contributed by atoms with Gasteiger partial charge in [-0.25, -0.2) is 0 Å². The molecule has 0 aliphatic heterocycles. The van der Waals surface area contributed by atoms with E-state index in [4.69, 9.17) is 17.3 Å². The van der Waals surface area contributed by atoms with Crippen molar-refractivity contribution in [2.24, 2.45) is 0 Å². The minimum absolute atomic E-state index is 0.618. The standard InChI is InChI=1S/C12H14ClN3S/c1-8-11(14)15-17-12(8)16(2)7-9-3-5-10(13)6-4-9/h3-6H,7H2,1-2H3,(H2,14,15).